The van der Waals surface area contributed by atoms with Crippen molar-refractivity contribution in [1.82, 2.24) is 14.7 Å². The van der Waals surface area contributed by atoms with Gasteiger partial charge in [0.1, 0.15) is 5.75 Å². The molecular weight excluding hydrogens is 320 g/mol. The van der Waals surface area contributed by atoms with Crippen molar-refractivity contribution in [2.75, 3.05) is 66.8 Å². The molecule has 0 heterocycles. The molecule has 0 aliphatic rings. The Labute approximate surface area is 152 Å². The smallest absolute Gasteiger partial charge is 0.173 e. The van der Waals surface area contributed by atoms with Crippen LogP contribution < -0.4 is 10.1 Å². The summed E-state index contributed by atoms with van der Waals surface area (Å²) in [5.41, 5.74) is 0.963. The molecule has 0 radical (unpaired) electrons. The fourth-order valence-electron chi connectivity index (χ4n) is 2.37. The Morgan fingerprint density at radius 3 is 2.08 bits per heavy atom. The molecule has 0 saturated heterocycles. The topological polar surface area (TPSA) is 31.0 Å². The van der Waals surface area contributed by atoms with E-state index >= 15 is 0 Å². The number of benzene rings is 1. The van der Waals surface area contributed by atoms with E-state index in [9.17, 15) is 0 Å². The average molecular weight is 353 g/mol. The zero-order valence-electron chi connectivity index (χ0n) is 15.7. The summed E-state index contributed by atoms with van der Waals surface area (Å²) in [7, 11) is 10.1. The van der Waals surface area contributed by atoms with E-state index in [0.29, 0.717) is 0 Å². The van der Waals surface area contributed by atoms with Crippen molar-refractivity contribution in [2.45, 2.75) is 12.8 Å². The van der Waals surface area contributed by atoms with Crippen LogP contribution in [0.25, 0.3) is 0 Å². The molecule has 1 rings (SSSR count). The molecule has 136 valence electrons. The first-order valence-electron chi connectivity index (χ1n) is 8.42. The monoisotopic (exact) mass is 352 g/mol. The van der Waals surface area contributed by atoms with Gasteiger partial charge in [-0.25, -0.2) is 0 Å². The molecule has 0 saturated carbocycles. The van der Waals surface area contributed by atoms with Crippen molar-refractivity contribution in [3.63, 3.8) is 0 Å². The number of nitrogens with one attached hydrogen (secondary N) is 1. The van der Waals surface area contributed by atoms with E-state index in [4.69, 9.17) is 17.0 Å². The first kappa shape index (κ1) is 20.7. The maximum atomic E-state index is 5.64. The van der Waals surface area contributed by atoms with Gasteiger partial charge in [0.2, 0.25) is 0 Å². The predicted octanol–water partition coefficient (Wildman–Crippen LogP) is 2.60. The van der Waals surface area contributed by atoms with Crippen LogP contribution in [-0.4, -0.2) is 81.3 Å². The van der Waals surface area contributed by atoms with E-state index in [2.05, 4.69) is 48.2 Å². The third kappa shape index (κ3) is 8.47. The highest BCUT2D eigenvalue weighted by Crippen LogP contribution is 2.17. The minimum Gasteiger partial charge on any atom is -0.497 e. The molecule has 0 aromatic heterocycles. The molecule has 0 atom stereocenters. The molecule has 0 aliphatic carbocycles. The van der Waals surface area contributed by atoms with Crippen LogP contribution in [0.5, 0.6) is 5.75 Å². The van der Waals surface area contributed by atoms with Crippen LogP contribution in [0.4, 0.5) is 5.69 Å². The third-order valence-electron chi connectivity index (χ3n) is 3.67. The van der Waals surface area contributed by atoms with Crippen LogP contribution in [0.1, 0.15) is 12.8 Å². The van der Waals surface area contributed by atoms with Gasteiger partial charge in [0.05, 0.1) is 7.11 Å². The molecule has 0 amide bonds. The summed E-state index contributed by atoms with van der Waals surface area (Å²) in [6, 6.07) is 7.86. The summed E-state index contributed by atoms with van der Waals surface area (Å²) in [4.78, 5) is 6.68. The fraction of sp³-hybridized carbons (Fsp3) is 0.611. The second-order valence-corrected chi connectivity index (χ2v) is 6.85. The Hall–Kier alpha value is -1.37. The van der Waals surface area contributed by atoms with Gasteiger partial charge in [-0.15, -0.1) is 0 Å². The summed E-state index contributed by atoms with van der Waals surface area (Å²) in [5.74, 6) is 0.828. The summed E-state index contributed by atoms with van der Waals surface area (Å²) in [5, 5.41) is 4.12. The zero-order valence-corrected chi connectivity index (χ0v) is 16.5. The van der Waals surface area contributed by atoms with E-state index in [1.807, 2.05) is 24.3 Å². The van der Waals surface area contributed by atoms with E-state index in [-0.39, 0.29) is 0 Å². The largest absolute Gasteiger partial charge is 0.497 e. The quantitative estimate of drug-likeness (QED) is 0.652. The summed E-state index contributed by atoms with van der Waals surface area (Å²) < 4.78 is 5.27. The van der Waals surface area contributed by atoms with Gasteiger partial charge in [-0.1, -0.05) is 6.07 Å². The molecular formula is C18H32N4OS. The average Bonchev–Trinajstić information content (AvgIpc) is 2.53. The number of thiocarbonyl (C=S) groups is 1. The lowest BCUT2D eigenvalue weighted by atomic mass is 10.3. The zero-order chi connectivity index (χ0) is 17.9. The number of hydrogen-bond donors (Lipinski definition) is 1. The summed E-state index contributed by atoms with van der Waals surface area (Å²) >= 11 is 5.64. The predicted molar refractivity (Wildman–Crippen MR) is 107 cm³/mol. The Morgan fingerprint density at radius 1 is 1.00 bits per heavy atom. The van der Waals surface area contributed by atoms with Crippen LogP contribution in [0, 0.1) is 0 Å². The fourth-order valence-corrected chi connectivity index (χ4v) is 2.67. The summed E-state index contributed by atoms with van der Waals surface area (Å²) in [6.45, 7) is 4.04. The Balaban J connectivity index is 2.62. The van der Waals surface area contributed by atoms with Crippen LogP contribution in [0.2, 0.25) is 0 Å². The van der Waals surface area contributed by atoms with Crippen molar-refractivity contribution in [2.24, 2.45) is 0 Å². The van der Waals surface area contributed by atoms with E-state index < -0.39 is 0 Å². The maximum absolute atomic E-state index is 5.64. The molecule has 0 fully saturated rings. The number of ether oxygens (including phenoxy) is 1. The van der Waals surface area contributed by atoms with Crippen molar-refractivity contribution in [1.29, 1.82) is 0 Å². The minimum absolute atomic E-state index is 0.778. The number of methoxy groups -OCH3 is 1. The highest BCUT2D eigenvalue weighted by molar-refractivity contribution is 7.80. The second-order valence-electron chi connectivity index (χ2n) is 6.46. The van der Waals surface area contributed by atoms with E-state index in [0.717, 1.165) is 55.6 Å². The lowest BCUT2D eigenvalue weighted by molar-refractivity contribution is 0.325. The molecule has 1 aromatic carbocycles. The van der Waals surface area contributed by atoms with Crippen molar-refractivity contribution < 1.29 is 4.74 Å². The van der Waals surface area contributed by atoms with Gasteiger partial charge in [0, 0.05) is 24.8 Å². The number of anilines is 1. The van der Waals surface area contributed by atoms with E-state index in [1.54, 1.807) is 7.11 Å². The highest BCUT2D eigenvalue weighted by atomic mass is 32.1. The molecule has 24 heavy (non-hydrogen) atoms. The third-order valence-corrected chi connectivity index (χ3v) is 4.04. The molecule has 0 unspecified atom stereocenters. The molecule has 0 bridgehead atoms. The van der Waals surface area contributed by atoms with Crippen molar-refractivity contribution >= 4 is 23.0 Å². The Bertz CT molecular complexity index is 480. The van der Waals surface area contributed by atoms with Gasteiger partial charge in [0.15, 0.2) is 5.11 Å². The van der Waals surface area contributed by atoms with Crippen molar-refractivity contribution in [3.8, 4) is 5.75 Å². The first-order valence-corrected chi connectivity index (χ1v) is 8.82. The molecule has 5 nitrogen and oxygen atoms in total. The lowest BCUT2D eigenvalue weighted by Gasteiger charge is -2.27. The lowest BCUT2D eigenvalue weighted by Crippen LogP contribution is -2.38. The van der Waals surface area contributed by atoms with Gasteiger partial charge in [-0.2, -0.15) is 0 Å². The Kier molecular flexibility index (Phi) is 9.67. The van der Waals surface area contributed by atoms with Gasteiger partial charge < -0.3 is 24.8 Å². The van der Waals surface area contributed by atoms with Crippen LogP contribution >= 0.6 is 12.2 Å². The minimum atomic E-state index is 0.778. The van der Waals surface area contributed by atoms with Gasteiger partial charge in [0.25, 0.3) is 0 Å². The van der Waals surface area contributed by atoms with Crippen LogP contribution in [0.3, 0.4) is 0 Å². The van der Waals surface area contributed by atoms with Gasteiger partial charge >= 0.3 is 0 Å². The highest BCUT2D eigenvalue weighted by Gasteiger charge is 2.10. The SMILES string of the molecule is COc1cccc(NC(=S)N(CCCN(C)C)CCCN(C)C)c1. The van der Waals surface area contributed by atoms with Gasteiger partial charge in [-0.3, -0.25) is 0 Å². The molecule has 0 spiro atoms. The Morgan fingerprint density at radius 2 is 1.58 bits per heavy atom. The normalized spacial score (nSPS) is 11.0. The number of nitrogens with zero attached hydrogens (tertiary/aromatic N) is 3. The van der Waals surface area contributed by atoms with E-state index in [1.165, 1.54) is 0 Å². The van der Waals surface area contributed by atoms with Gasteiger partial charge in [-0.05, 0) is 78.5 Å². The molecule has 1 N–H and O–H groups in total. The summed E-state index contributed by atoms with van der Waals surface area (Å²) in [6.07, 6.45) is 2.18. The standard InChI is InChI=1S/C18H32N4OS/c1-20(2)11-7-13-22(14-8-12-21(3)4)18(24)19-16-9-6-10-17(15-16)23-5/h6,9-10,15H,7-8,11-14H2,1-5H3,(H,19,24). The molecule has 1 aromatic rings. The number of hydrogen-bond acceptors (Lipinski definition) is 4. The first-order chi connectivity index (χ1) is 11.4. The second kappa shape index (κ2) is 11.2. The van der Waals surface area contributed by atoms with Crippen LogP contribution in [0.15, 0.2) is 24.3 Å². The van der Waals surface area contributed by atoms with Crippen LogP contribution in [-0.2, 0) is 0 Å². The maximum Gasteiger partial charge on any atom is 0.173 e. The number of rotatable bonds is 10. The van der Waals surface area contributed by atoms with Crippen molar-refractivity contribution in [3.05, 3.63) is 24.3 Å². The molecule has 0 aliphatic heterocycles. The molecule has 6 heteroatoms.